The monoisotopic (exact) mass is 183 g/mol. The lowest BCUT2D eigenvalue weighted by atomic mass is 10.3. The van der Waals surface area contributed by atoms with Crippen LogP contribution in [0.1, 0.15) is 4.88 Å². The molecule has 0 atom stereocenters. The van der Waals surface area contributed by atoms with Gasteiger partial charge < -0.3 is 5.11 Å². The summed E-state index contributed by atoms with van der Waals surface area (Å²) in [7, 11) is 0. The molecule has 0 unspecified atom stereocenters. The van der Waals surface area contributed by atoms with E-state index in [1.54, 1.807) is 12.3 Å². The fraction of sp³-hybridized carbons (Fsp3) is 0. The smallest absolute Gasteiger partial charge is 0.376 e. The maximum atomic E-state index is 10.5. The van der Waals surface area contributed by atoms with Crippen molar-refractivity contribution in [2.75, 3.05) is 0 Å². The molecule has 5 heteroatoms. The molecule has 0 aliphatic rings. The van der Waals surface area contributed by atoms with E-state index in [-0.39, 0.29) is 0 Å². The van der Waals surface area contributed by atoms with E-state index in [0.717, 1.165) is 11.0 Å². The Labute approximate surface area is 72.3 Å². The summed E-state index contributed by atoms with van der Waals surface area (Å²) in [6.45, 7) is 0. The van der Waals surface area contributed by atoms with Crippen LogP contribution in [0.5, 0.6) is 0 Å². The summed E-state index contributed by atoms with van der Waals surface area (Å²) in [4.78, 5) is 21.3. The van der Waals surface area contributed by atoms with Crippen molar-refractivity contribution in [1.82, 2.24) is 4.37 Å². The average Bonchev–Trinajstić information content (AvgIpc) is 2.51. The van der Waals surface area contributed by atoms with Crippen molar-refractivity contribution in [3.63, 3.8) is 0 Å². The van der Waals surface area contributed by atoms with Crippen molar-refractivity contribution < 1.29 is 14.7 Å². The third-order valence-corrected chi connectivity index (χ3v) is 1.78. The zero-order valence-corrected chi connectivity index (χ0v) is 6.75. The summed E-state index contributed by atoms with van der Waals surface area (Å²) in [5.41, 5.74) is 0. The van der Waals surface area contributed by atoms with E-state index >= 15 is 0 Å². The molecule has 1 N–H and O–H groups in total. The van der Waals surface area contributed by atoms with Crippen molar-refractivity contribution >= 4 is 29.4 Å². The lowest BCUT2D eigenvalue weighted by molar-refractivity contribution is -0.146. The molecule has 0 saturated carbocycles. The van der Waals surface area contributed by atoms with Gasteiger partial charge in [-0.25, -0.2) is 9.17 Å². The molecule has 0 aliphatic carbocycles. The number of carboxylic acid groups (broad SMARTS) is 1. The Balaban J connectivity index is 2.63. The molecule has 0 aromatic carbocycles. The number of aliphatic carboxylic acids is 1. The van der Waals surface area contributed by atoms with Gasteiger partial charge in [0.1, 0.15) is 0 Å². The SMILES string of the molecule is O=C(O)C(=O)/C=C/c1ccns1. The van der Waals surface area contributed by atoms with Crippen molar-refractivity contribution in [2.24, 2.45) is 0 Å². The molecule has 1 rings (SSSR count). The Hall–Kier alpha value is -1.49. The second-order valence-electron chi connectivity index (χ2n) is 1.92. The number of carboxylic acids is 1. The quantitative estimate of drug-likeness (QED) is 0.556. The molecule has 4 nitrogen and oxygen atoms in total. The molecule has 1 heterocycles. The topological polar surface area (TPSA) is 67.3 Å². The number of carbonyl (C=O) groups is 2. The fourth-order valence-corrected chi connectivity index (χ4v) is 1.03. The molecular weight excluding hydrogens is 178 g/mol. The second-order valence-corrected chi connectivity index (χ2v) is 2.78. The van der Waals surface area contributed by atoms with Gasteiger partial charge in [-0.05, 0) is 29.8 Å². The molecule has 0 fully saturated rings. The zero-order valence-electron chi connectivity index (χ0n) is 5.93. The lowest BCUT2D eigenvalue weighted by Crippen LogP contribution is -2.08. The van der Waals surface area contributed by atoms with Crippen LogP contribution >= 0.6 is 11.5 Å². The second kappa shape index (κ2) is 3.77. The van der Waals surface area contributed by atoms with Gasteiger partial charge in [0, 0.05) is 11.1 Å². The highest BCUT2D eigenvalue weighted by Gasteiger charge is 2.05. The predicted octanol–water partition coefficient (Wildman–Crippen LogP) is 0.810. The fourth-order valence-electron chi connectivity index (χ4n) is 0.541. The average molecular weight is 183 g/mol. The van der Waals surface area contributed by atoms with Crippen LogP contribution in [0, 0.1) is 0 Å². The minimum absolute atomic E-state index is 0.754. The van der Waals surface area contributed by atoms with Crippen molar-refractivity contribution in [1.29, 1.82) is 0 Å². The summed E-state index contributed by atoms with van der Waals surface area (Å²) in [5, 5.41) is 8.20. The van der Waals surface area contributed by atoms with E-state index in [9.17, 15) is 9.59 Å². The molecule has 12 heavy (non-hydrogen) atoms. The summed E-state index contributed by atoms with van der Waals surface area (Å²) in [5.74, 6) is -2.38. The van der Waals surface area contributed by atoms with Crippen molar-refractivity contribution in [3.8, 4) is 0 Å². The minimum Gasteiger partial charge on any atom is -0.475 e. The first-order valence-corrected chi connectivity index (χ1v) is 3.83. The minimum atomic E-state index is -1.45. The lowest BCUT2D eigenvalue weighted by Gasteiger charge is -1.81. The summed E-state index contributed by atoms with van der Waals surface area (Å²) < 4.78 is 3.78. The van der Waals surface area contributed by atoms with Crippen molar-refractivity contribution in [3.05, 3.63) is 23.2 Å². The van der Waals surface area contributed by atoms with Gasteiger partial charge in [-0.3, -0.25) is 4.79 Å². The highest BCUT2D eigenvalue weighted by Crippen LogP contribution is 2.06. The maximum absolute atomic E-state index is 10.5. The van der Waals surface area contributed by atoms with Gasteiger partial charge in [-0.2, -0.15) is 0 Å². The number of rotatable bonds is 3. The number of ketones is 1. The number of hydrogen-bond acceptors (Lipinski definition) is 4. The van der Waals surface area contributed by atoms with Crippen LogP contribution in [-0.2, 0) is 9.59 Å². The van der Waals surface area contributed by atoms with Gasteiger partial charge in [-0.1, -0.05) is 0 Å². The molecule has 0 bridgehead atoms. The normalized spacial score (nSPS) is 10.3. The maximum Gasteiger partial charge on any atom is 0.376 e. The highest BCUT2D eigenvalue weighted by molar-refractivity contribution is 7.06. The predicted molar refractivity (Wildman–Crippen MR) is 43.8 cm³/mol. The molecular formula is C7H5NO3S. The van der Waals surface area contributed by atoms with Crippen LogP contribution in [0.4, 0.5) is 0 Å². The van der Waals surface area contributed by atoms with Gasteiger partial charge in [0.2, 0.25) is 0 Å². The summed E-state index contributed by atoms with van der Waals surface area (Å²) in [6.07, 6.45) is 4.01. The zero-order chi connectivity index (χ0) is 8.97. The number of aromatic nitrogens is 1. The molecule has 0 spiro atoms. The summed E-state index contributed by atoms with van der Waals surface area (Å²) >= 11 is 1.19. The van der Waals surface area contributed by atoms with Crippen LogP contribution in [0.25, 0.3) is 6.08 Å². The van der Waals surface area contributed by atoms with E-state index in [1.807, 2.05) is 0 Å². The molecule has 0 aliphatic heterocycles. The standard InChI is InChI=1S/C7H5NO3S/c9-6(7(10)11)2-1-5-3-4-8-12-5/h1-4H,(H,10,11)/b2-1+. The summed E-state index contributed by atoms with van der Waals surface area (Å²) in [6, 6.07) is 1.69. The Morgan fingerprint density at radius 2 is 2.33 bits per heavy atom. The van der Waals surface area contributed by atoms with Crippen LogP contribution in [-0.4, -0.2) is 21.2 Å². The van der Waals surface area contributed by atoms with Gasteiger partial charge in [-0.15, -0.1) is 0 Å². The largest absolute Gasteiger partial charge is 0.475 e. The third-order valence-electron chi connectivity index (χ3n) is 1.07. The van der Waals surface area contributed by atoms with Crippen LogP contribution in [0.3, 0.4) is 0 Å². The van der Waals surface area contributed by atoms with Crippen molar-refractivity contribution in [2.45, 2.75) is 0 Å². The molecule has 62 valence electrons. The Morgan fingerprint density at radius 3 is 2.83 bits per heavy atom. The first kappa shape index (κ1) is 8.61. The molecule has 1 aromatic rings. The molecule has 0 saturated heterocycles. The number of carbonyl (C=O) groups excluding carboxylic acids is 1. The number of hydrogen-bond donors (Lipinski definition) is 1. The Morgan fingerprint density at radius 1 is 1.58 bits per heavy atom. The van der Waals surface area contributed by atoms with E-state index < -0.39 is 11.8 Å². The van der Waals surface area contributed by atoms with Crippen LogP contribution < -0.4 is 0 Å². The van der Waals surface area contributed by atoms with Gasteiger partial charge in [0.05, 0.1) is 0 Å². The first-order chi connectivity index (χ1) is 5.70. The van der Waals surface area contributed by atoms with E-state index in [2.05, 4.69) is 4.37 Å². The molecule has 1 aromatic heterocycles. The highest BCUT2D eigenvalue weighted by atomic mass is 32.1. The van der Waals surface area contributed by atoms with Gasteiger partial charge in [0.15, 0.2) is 0 Å². The Bertz CT molecular complexity index is 315. The number of nitrogens with zero attached hydrogens (tertiary/aromatic N) is 1. The van der Waals surface area contributed by atoms with Gasteiger partial charge >= 0.3 is 5.97 Å². The Kier molecular flexibility index (Phi) is 2.71. The van der Waals surface area contributed by atoms with Crippen LogP contribution in [0.15, 0.2) is 18.3 Å². The van der Waals surface area contributed by atoms with Gasteiger partial charge in [0.25, 0.3) is 5.78 Å². The molecule has 0 amide bonds. The molecule has 0 radical (unpaired) electrons. The van der Waals surface area contributed by atoms with E-state index in [0.29, 0.717) is 0 Å². The van der Waals surface area contributed by atoms with E-state index in [1.165, 1.54) is 17.6 Å². The van der Waals surface area contributed by atoms with E-state index in [4.69, 9.17) is 5.11 Å². The first-order valence-electron chi connectivity index (χ1n) is 3.06. The van der Waals surface area contributed by atoms with Crippen LogP contribution in [0.2, 0.25) is 0 Å². The third kappa shape index (κ3) is 2.28.